The summed E-state index contributed by atoms with van der Waals surface area (Å²) in [4.78, 5) is 10.9. The van der Waals surface area contributed by atoms with Crippen LogP contribution in [-0.4, -0.2) is 39.6 Å². The summed E-state index contributed by atoms with van der Waals surface area (Å²) < 4.78 is 26.6. The molecule has 0 amide bonds. The number of aryl methyl sites for hydroxylation is 1. The zero-order chi connectivity index (χ0) is 14.5. The van der Waals surface area contributed by atoms with E-state index in [0.29, 0.717) is 25.1 Å². The van der Waals surface area contributed by atoms with E-state index in [4.69, 9.17) is 5.11 Å². The van der Waals surface area contributed by atoms with Crippen molar-refractivity contribution in [2.45, 2.75) is 18.2 Å². The van der Waals surface area contributed by atoms with Crippen LogP contribution >= 0.6 is 0 Å². The molecule has 0 aliphatic heterocycles. The van der Waals surface area contributed by atoms with Crippen molar-refractivity contribution in [3.8, 4) is 0 Å². The number of carboxylic acid groups (broad SMARTS) is 1. The Kier molecular flexibility index (Phi) is 5.46. The van der Waals surface area contributed by atoms with Crippen LogP contribution in [0.2, 0.25) is 0 Å². The minimum absolute atomic E-state index is 0.0110. The summed E-state index contributed by atoms with van der Waals surface area (Å²) in [5.41, 5.74) is 0.479. The Hall–Kier alpha value is -1.44. The average Bonchev–Trinajstić information content (AvgIpc) is 2.34. The number of hydrogen-bond donors (Lipinski definition) is 3. The molecule has 1 aromatic rings. The fourth-order valence-electron chi connectivity index (χ4n) is 1.57. The fraction of sp³-hybridized carbons (Fsp3) is 0.417. The van der Waals surface area contributed by atoms with Crippen LogP contribution in [0.3, 0.4) is 0 Å². The van der Waals surface area contributed by atoms with Gasteiger partial charge in [-0.25, -0.2) is 17.9 Å². The molecule has 7 heteroatoms. The molecule has 0 fully saturated rings. The van der Waals surface area contributed by atoms with E-state index in [2.05, 4.69) is 10.0 Å². The number of rotatable bonds is 7. The number of sulfonamides is 1. The van der Waals surface area contributed by atoms with Gasteiger partial charge in [0.1, 0.15) is 0 Å². The summed E-state index contributed by atoms with van der Waals surface area (Å²) in [7, 11) is -1.88. The molecule has 0 radical (unpaired) electrons. The first-order valence-corrected chi connectivity index (χ1v) is 7.35. The summed E-state index contributed by atoms with van der Waals surface area (Å²) in [5.74, 6) is -1.15. The maximum absolute atomic E-state index is 12.1. The number of nitrogens with one attached hydrogen (secondary N) is 2. The van der Waals surface area contributed by atoms with Crippen molar-refractivity contribution in [1.82, 2.24) is 10.0 Å². The van der Waals surface area contributed by atoms with Crippen molar-refractivity contribution < 1.29 is 18.3 Å². The summed E-state index contributed by atoms with van der Waals surface area (Å²) >= 11 is 0. The molecule has 0 aromatic heterocycles. The van der Waals surface area contributed by atoms with Gasteiger partial charge in [-0.2, -0.15) is 0 Å². The van der Waals surface area contributed by atoms with Crippen LogP contribution in [-0.2, 0) is 10.0 Å². The van der Waals surface area contributed by atoms with E-state index in [9.17, 15) is 13.2 Å². The Morgan fingerprint density at radius 1 is 1.32 bits per heavy atom. The number of carboxylic acids is 1. The summed E-state index contributed by atoms with van der Waals surface area (Å²) in [5, 5.41) is 11.8. The summed E-state index contributed by atoms with van der Waals surface area (Å²) in [6, 6.07) is 4.06. The van der Waals surface area contributed by atoms with Gasteiger partial charge in [0.2, 0.25) is 10.0 Å². The van der Waals surface area contributed by atoms with Gasteiger partial charge in [-0.3, -0.25) is 0 Å². The zero-order valence-corrected chi connectivity index (χ0v) is 11.8. The highest BCUT2D eigenvalue weighted by molar-refractivity contribution is 7.89. The Morgan fingerprint density at radius 2 is 2.00 bits per heavy atom. The molecule has 0 atom stereocenters. The highest BCUT2D eigenvalue weighted by atomic mass is 32.2. The average molecular weight is 286 g/mol. The molecular weight excluding hydrogens is 268 g/mol. The van der Waals surface area contributed by atoms with Crippen molar-refractivity contribution >= 4 is 16.0 Å². The lowest BCUT2D eigenvalue weighted by atomic mass is 10.1. The molecule has 19 heavy (non-hydrogen) atoms. The van der Waals surface area contributed by atoms with E-state index in [1.807, 2.05) is 0 Å². The van der Waals surface area contributed by atoms with Gasteiger partial charge in [0.05, 0.1) is 10.5 Å². The largest absolute Gasteiger partial charge is 0.478 e. The molecule has 0 saturated carbocycles. The topological polar surface area (TPSA) is 95.5 Å². The van der Waals surface area contributed by atoms with Gasteiger partial charge in [-0.15, -0.1) is 0 Å². The van der Waals surface area contributed by atoms with Crippen LogP contribution in [0.1, 0.15) is 22.3 Å². The van der Waals surface area contributed by atoms with Gasteiger partial charge in [0.15, 0.2) is 0 Å². The van der Waals surface area contributed by atoms with Crippen LogP contribution in [0.15, 0.2) is 23.1 Å². The first-order chi connectivity index (χ1) is 8.88. The smallest absolute Gasteiger partial charge is 0.335 e. The fourth-order valence-corrected chi connectivity index (χ4v) is 2.91. The highest BCUT2D eigenvalue weighted by Gasteiger charge is 2.18. The van der Waals surface area contributed by atoms with Crippen molar-refractivity contribution in [1.29, 1.82) is 0 Å². The standard InChI is InChI=1S/C12H18N2O4S/c1-9-4-5-10(12(15)16)8-11(9)19(17,18)14-7-3-6-13-2/h4-5,8,13-14H,3,6-7H2,1-2H3,(H,15,16). The van der Waals surface area contributed by atoms with Crippen LogP contribution < -0.4 is 10.0 Å². The Balaban J connectivity index is 2.94. The maximum Gasteiger partial charge on any atom is 0.335 e. The third kappa shape index (κ3) is 4.30. The molecule has 0 unspecified atom stereocenters. The first kappa shape index (κ1) is 15.6. The highest BCUT2D eigenvalue weighted by Crippen LogP contribution is 2.17. The minimum Gasteiger partial charge on any atom is -0.478 e. The molecule has 6 nitrogen and oxygen atoms in total. The van der Waals surface area contributed by atoms with E-state index < -0.39 is 16.0 Å². The summed E-state index contributed by atoms with van der Waals surface area (Å²) in [6.45, 7) is 2.64. The number of benzene rings is 1. The molecule has 0 aliphatic carbocycles. The van der Waals surface area contributed by atoms with E-state index >= 15 is 0 Å². The molecular formula is C12H18N2O4S. The number of hydrogen-bond acceptors (Lipinski definition) is 4. The van der Waals surface area contributed by atoms with Gasteiger partial charge < -0.3 is 10.4 Å². The molecule has 3 N–H and O–H groups in total. The molecule has 0 saturated heterocycles. The monoisotopic (exact) mass is 286 g/mol. The van der Waals surface area contributed by atoms with Crippen molar-refractivity contribution in [2.75, 3.05) is 20.1 Å². The lowest BCUT2D eigenvalue weighted by Gasteiger charge is -2.10. The third-order valence-corrected chi connectivity index (χ3v) is 4.22. The van der Waals surface area contributed by atoms with Crippen LogP contribution in [0.25, 0.3) is 0 Å². The van der Waals surface area contributed by atoms with Gasteiger partial charge in [-0.05, 0) is 44.6 Å². The van der Waals surface area contributed by atoms with Crippen LogP contribution in [0.4, 0.5) is 0 Å². The number of aromatic carboxylic acids is 1. The second-order valence-corrected chi connectivity index (χ2v) is 5.88. The normalized spacial score (nSPS) is 11.5. The predicted molar refractivity (Wildman–Crippen MR) is 71.9 cm³/mol. The SMILES string of the molecule is CNCCCNS(=O)(=O)c1cc(C(=O)O)ccc1C. The molecule has 0 spiro atoms. The predicted octanol–water partition coefficient (Wildman–Crippen LogP) is 0.581. The maximum atomic E-state index is 12.1. The molecule has 0 bridgehead atoms. The van der Waals surface area contributed by atoms with Crippen molar-refractivity contribution in [3.05, 3.63) is 29.3 Å². The lowest BCUT2D eigenvalue weighted by Crippen LogP contribution is -2.27. The second kappa shape index (κ2) is 6.65. The van der Waals surface area contributed by atoms with Crippen molar-refractivity contribution in [2.24, 2.45) is 0 Å². The van der Waals surface area contributed by atoms with E-state index in [-0.39, 0.29) is 10.5 Å². The second-order valence-electron chi connectivity index (χ2n) is 4.14. The van der Waals surface area contributed by atoms with Gasteiger partial charge in [-0.1, -0.05) is 6.07 Å². The molecule has 106 valence electrons. The Morgan fingerprint density at radius 3 is 2.58 bits per heavy atom. The lowest BCUT2D eigenvalue weighted by molar-refractivity contribution is 0.0696. The zero-order valence-electron chi connectivity index (χ0n) is 10.9. The molecule has 1 aromatic carbocycles. The minimum atomic E-state index is -3.67. The van der Waals surface area contributed by atoms with E-state index in [1.54, 1.807) is 14.0 Å². The number of carbonyl (C=O) groups is 1. The Bertz CT molecular complexity index is 555. The quantitative estimate of drug-likeness (QED) is 0.637. The van der Waals surface area contributed by atoms with Crippen LogP contribution in [0, 0.1) is 6.92 Å². The van der Waals surface area contributed by atoms with Gasteiger partial charge in [0.25, 0.3) is 0 Å². The van der Waals surface area contributed by atoms with E-state index in [1.165, 1.54) is 18.2 Å². The molecule has 1 rings (SSSR count). The Labute approximate surface area is 112 Å². The third-order valence-electron chi connectivity index (χ3n) is 2.62. The van der Waals surface area contributed by atoms with Gasteiger partial charge >= 0.3 is 5.97 Å². The van der Waals surface area contributed by atoms with Gasteiger partial charge in [0, 0.05) is 6.54 Å². The van der Waals surface area contributed by atoms with Crippen molar-refractivity contribution in [3.63, 3.8) is 0 Å². The summed E-state index contributed by atoms with van der Waals surface area (Å²) in [6.07, 6.45) is 0.660. The first-order valence-electron chi connectivity index (χ1n) is 5.86. The molecule has 0 heterocycles. The molecule has 0 aliphatic rings. The van der Waals surface area contributed by atoms with E-state index in [0.717, 1.165) is 0 Å². The van der Waals surface area contributed by atoms with Crippen LogP contribution in [0.5, 0.6) is 0 Å².